The standard InChI is InChI=1S/C8H9NO4/c1-13-7-5(10)3-2-4(6(7)11)8(9)12/h2-3,10-11H,1H3,(H2,9,12). The van der Waals surface area contributed by atoms with Crippen LogP contribution in [0.2, 0.25) is 0 Å². The van der Waals surface area contributed by atoms with Crippen molar-refractivity contribution in [2.24, 2.45) is 5.73 Å². The molecule has 0 aliphatic rings. The molecule has 1 aromatic carbocycles. The Morgan fingerprint density at radius 3 is 2.54 bits per heavy atom. The van der Waals surface area contributed by atoms with Gasteiger partial charge in [-0.1, -0.05) is 0 Å². The normalized spacial score (nSPS) is 9.62. The molecule has 0 radical (unpaired) electrons. The van der Waals surface area contributed by atoms with Crippen molar-refractivity contribution in [2.75, 3.05) is 7.11 Å². The highest BCUT2D eigenvalue weighted by Gasteiger charge is 2.15. The largest absolute Gasteiger partial charge is 0.504 e. The van der Waals surface area contributed by atoms with E-state index in [1.54, 1.807) is 0 Å². The Hall–Kier alpha value is -1.91. The van der Waals surface area contributed by atoms with E-state index in [4.69, 9.17) is 10.8 Å². The molecule has 4 N–H and O–H groups in total. The summed E-state index contributed by atoms with van der Waals surface area (Å²) in [6.07, 6.45) is 0. The van der Waals surface area contributed by atoms with Crippen molar-refractivity contribution in [1.82, 2.24) is 0 Å². The lowest BCUT2D eigenvalue weighted by molar-refractivity contribution is 0.0997. The zero-order valence-electron chi connectivity index (χ0n) is 6.94. The average molecular weight is 183 g/mol. The molecule has 13 heavy (non-hydrogen) atoms. The lowest BCUT2D eigenvalue weighted by Gasteiger charge is -2.07. The Balaban J connectivity index is 3.35. The zero-order chi connectivity index (χ0) is 10.0. The minimum Gasteiger partial charge on any atom is -0.504 e. The molecule has 0 atom stereocenters. The smallest absolute Gasteiger partial charge is 0.252 e. The summed E-state index contributed by atoms with van der Waals surface area (Å²) in [5.41, 5.74) is 4.86. The van der Waals surface area contributed by atoms with Crippen LogP contribution in [0, 0.1) is 0 Å². The molecule has 0 saturated heterocycles. The maximum absolute atomic E-state index is 10.7. The molecule has 1 aromatic rings. The van der Waals surface area contributed by atoms with Crippen molar-refractivity contribution in [3.63, 3.8) is 0 Å². The number of phenolic OH excluding ortho intramolecular Hbond substituents is 1. The summed E-state index contributed by atoms with van der Waals surface area (Å²) >= 11 is 0. The number of methoxy groups -OCH3 is 1. The summed E-state index contributed by atoms with van der Waals surface area (Å²) in [5.74, 6) is -1.63. The fraction of sp³-hybridized carbons (Fsp3) is 0.125. The summed E-state index contributed by atoms with van der Waals surface area (Å²) in [6, 6.07) is 2.44. The van der Waals surface area contributed by atoms with Crippen molar-refractivity contribution in [3.8, 4) is 17.2 Å². The first kappa shape index (κ1) is 9.18. The van der Waals surface area contributed by atoms with Gasteiger partial charge in [-0.15, -0.1) is 0 Å². The van der Waals surface area contributed by atoms with Gasteiger partial charge in [-0.25, -0.2) is 0 Å². The van der Waals surface area contributed by atoms with Crippen LogP contribution in [0.4, 0.5) is 0 Å². The van der Waals surface area contributed by atoms with Crippen LogP contribution < -0.4 is 10.5 Å². The Bertz CT molecular complexity index is 348. The monoisotopic (exact) mass is 183 g/mol. The van der Waals surface area contributed by atoms with Crippen LogP contribution in [0.5, 0.6) is 17.2 Å². The molecule has 0 fully saturated rings. The maximum Gasteiger partial charge on any atom is 0.252 e. The Morgan fingerprint density at radius 2 is 2.08 bits per heavy atom. The van der Waals surface area contributed by atoms with Crippen LogP contribution in [0.25, 0.3) is 0 Å². The highest BCUT2D eigenvalue weighted by atomic mass is 16.5. The van der Waals surface area contributed by atoms with Crippen molar-refractivity contribution in [1.29, 1.82) is 0 Å². The topological polar surface area (TPSA) is 92.8 Å². The van der Waals surface area contributed by atoms with Gasteiger partial charge >= 0.3 is 0 Å². The van der Waals surface area contributed by atoms with Gasteiger partial charge in [-0.2, -0.15) is 0 Å². The first-order chi connectivity index (χ1) is 6.07. The molecule has 70 valence electrons. The van der Waals surface area contributed by atoms with E-state index < -0.39 is 11.7 Å². The number of carbonyl (C=O) groups excluding carboxylic acids is 1. The zero-order valence-corrected chi connectivity index (χ0v) is 6.94. The lowest BCUT2D eigenvalue weighted by atomic mass is 10.1. The highest BCUT2D eigenvalue weighted by molar-refractivity contribution is 5.96. The molecule has 5 nitrogen and oxygen atoms in total. The average Bonchev–Trinajstić information content (AvgIpc) is 2.04. The molecule has 0 heterocycles. The number of hydrogen-bond acceptors (Lipinski definition) is 4. The molecule has 1 rings (SSSR count). The van der Waals surface area contributed by atoms with Gasteiger partial charge in [0.2, 0.25) is 5.75 Å². The number of hydrogen-bond donors (Lipinski definition) is 3. The van der Waals surface area contributed by atoms with E-state index in [1.807, 2.05) is 0 Å². The van der Waals surface area contributed by atoms with Gasteiger partial charge in [0.1, 0.15) is 0 Å². The van der Waals surface area contributed by atoms with Crippen molar-refractivity contribution in [3.05, 3.63) is 17.7 Å². The van der Waals surface area contributed by atoms with Gasteiger partial charge in [0, 0.05) is 0 Å². The minimum atomic E-state index is -0.782. The quantitative estimate of drug-likeness (QED) is 0.610. The first-order valence-electron chi connectivity index (χ1n) is 3.46. The molecule has 5 heteroatoms. The number of nitrogens with two attached hydrogens (primary N) is 1. The fourth-order valence-electron chi connectivity index (χ4n) is 0.961. The minimum absolute atomic E-state index is 0.0883. The molecular weight excluding hydrogens is 174 g/mol. The SMILES string of the molecule is COc1c(O)ccc(C(N)=O)c1O. The number of primary amides is 1. The lowest BCUT2D eigenvalue weighted by Crippen LogP contribution is -2.11. The van der Waals surface area contributed by atoms with E-state index in [9.17, 15) is 9.90 Å². The van der Waals surface area contributed by atoms with E-state index in [2.05, 4.69) is 4.74 Å². The van der Waals surface area contributed by atoms with Gasteiger partial charge in [-0.05, 0) is 12.1 Å². The van der Waals surface area contributed by atoms with Crippen LogP contribution in [0.1, 0.15) is 10.4 Å². The predicted molar refractivity (Wildman–Crippen MR) is 44.8 cm³/mol. The molecule has 0 aliphatic carbocycles. The fourth-order valence-corrected chi connectivity index (χ4v) is 0.961. The molecule has 0 aliphatic heterocycles. The Morgan fingerprint density at radius 1 is 1.46 bits per heavy atom. The Kier molecular flexibility index (Phi) is 2.27. The summed E-state index contributed by atoms with van der Waals surface area (Å²) in [6.45, 7) is 0. The van der Waals surface area contributed by atoms with Crippen molar-refractivity contribution < 1.29 is 19.7 Å². The molecule has 1 amide bonds. The van der Waals surface area contributed by atoms with E-state index in [0.29, 0.717) is 0 Å². The third-order valence-electron chi connectivity index (χ3n) is 1.58. The van der Waals surface area contributed by atoms with Crippen LogP contribution in [-0.2, 0) is 0 Å². The number of benzene rings is 1. The number of carbonyl (C=O) groups is 1. The molecule has 0 unspecified atom stereocenters. The summed E-state index contributed by atoms with van der Waals surface area (Å²) < 4.78 is 4.66. The molecule has 0 bridgehead atoms. The van der Waals surface area contributed by atoms with Gasteiger partial charge < -0.3 is 20.7 Å². The van der Waals surface area contributed by atoms with Crippen LogP contribution in [-0.4, -0.2) is 23.2 Å². The molecule has 0 spiro atoms. The second kappa shape index (κ2) is 3.22. The molecular formula is C8H9NO4. The maximum atomic E-state index is 10.7. The number of aromatic hydroxyl groups is 2. The number of phenols is 2. The highest BCUT2D eigenvalue weighted by Crippen LogP contribution is 2.37. The van der Waals surface area contributed by atoms with Crippen molar-refractivity contribution >= 4 is 5.91 Å². The number of rotatable bonds is 2. The van der Waals surface area contributed by atoms with Crippen LogP contribution in [0.3, 0.4) is 0 Å². The first-order valence-corrected chi connectivity index (χ1v) is 3.46. The number of ether oxygens (including phenoxy) is 1. The summed E-state index contributed by atoms with van der Waals surface area (Å²) in [5, 5.41) is 18.5. The van der Waals surface area contributed by atoms with Crippen LogP contribution in [0.15, 0.2) is 12.1 Å². The van der Waals surface area contributed by atoms with E-state index in [0.717, 1.165) is 0 Å². The molecule has 0 saturated carbocycles. The number of amides is 1. The summed E-state index contributed by atoms with van der Waals surface area (Å²) in [7, 11) is 1.26. The predicted octanol–water partition coefficient (Wildman–Crippen LogP) is 0.205. The van der Waals surface area contributed by atoms with Crippen LogP contribution >= 0.6 is 0 Å². The third-order valence-corrected chi connectivity index (χ3v) is 1.58. The summed E-state index contributed by atoms with van der Waals surface area (Å²) in [4.78, 5) is 10.7. The third kappa shape index (κ3) is 1.48. The molecule has 0 aromatic heterocycles. The van der Waals surface area contributed by atoms with Gasteiger partial charge in [0.05, 0.1) is 12.7 Å². The Labute approximate surface area is 74.4 Å². The second-order valence-corrected chi connectivity index (χ2v) is 2.38. The second-order valence-electron chi connectivity index (χ2n) is 2.38. The van der Waals surface area contributed by atoms with E-state index >= 15 is 0 Å². The van der Waals surface area contributed by atoms with E-state index in [1.165, 1.54) is 19.2 Å². The van der Waals surface area contributed by atoms with Gasteiger partial charge in [0.15, 0.2) is 11.5 Å². The van der Waals surface area contributed by atoms with Gasteiger partial charge in [0.25, 0.3) is 5.91 Å². The van der Waals surface area contributed by atoms with E-state index in [-0.39, 0.29) is 17.1 Å². The van der Waals surface area contributed by atoms with Crippen molar-refractivity contribution in [2.45, 2.75) is 0 Å². The van der Waals surface area contributed by atoms with Gasteiger partial charge in [-0.3, -0.25) is 4.79 Å².